The number of aryl methyl sites for hydroxylation is 1. The van der Waals surface area contributed by atoms with E-state index in [0.29, 0.717) is 13.1 Å². The Kier molecular flexibility index (Phi) is 5.76. The molecule has 0 aliphatic carbocycles. The molecule has 21 heavy (non-hydrogen) atoms. The third kappa shape index (κ3) is 4.55. The van der Waals surface area contributed by atoms with Crippen LogP contribution in [0.1, 0.15) is 30.4 Å². The topological polar surface area (TPSA) is 43.8 Å². The molecule has 1 amide bonds. The van der Waals surface area contributed by atoms with Crippen LogP contribution in [0.2, 0.25) is 0 Å². The average Bonchev–Trinajstić information content (AvgIpc) is 2.50. The standard InChI is InChI=1S/C17H26N2O2/c1-14-6-8-15(9-7-14)11-18(2)17(21)12-19-10-4-3-5-16(19)13-20/h6-9,16,20H,3-5,10-13H2,1-2H3. The number of likely N-dealkylation sites (N-methyl/N-ethyl adjacent to an activating group) is 1. The maximum absolute atomic E-state index is 12.3. The van der Waals surface area contributed by atoms with E-state index < -0.39 is 0 Å². The van der Waals surface area contributed by atoms with Crippen LogP contribution in [0.4, 0.5) is 0 Å². The van der Waals surface area contributed by atoms with Crippen LogP contribution >= 0.6 is 0 Å². The normalized spacial score (nSPS) is 19.5. The number of aliphatic hydroxyl groups excluding tert-OH is 1. The van der Waals surface area contributed by atoms with E-state index in [1.54, 1.807) is 4.90 Å². The Morgan fingerprint density at radius 1 is 1.33 bits per heavy atom. The number of hydrogen-bond donors (Lipinski definition) is 1. The summed E-state index contributed by atoms with van der Waals surface area (Å²) in [6, 6.07) is 8.42. The predicted molar refractivity (Wildman–Crippen MR) is 84.0 cm³/mol. The van der Waals surface area contributed by atoms with Crippen molar-refractivity contribution in [3.63, 3.8) is 0 Å². The van der Waals surface area contributed by atoms with E-state index in [9.17, 15) is 9.90 Å². The molecule has 1 saturated heterocycles. The van der Waals surface area contributed by atoms with Gasteiger partial charge in [0, 0.05) is 19.6 Å². The number of rotatable bonds is 5. The number of amides is 1. The second kappa shape index (κ2) is 7.57. The largest absolute Gasteiger partial charge is 0.395 e. The maximum atomic E-state index is 12.3. The molecule has 0 spiro atoms. The molecule has 1 atom stereocenters. The van der Waals surface area contributed by atoms with E-state index in [0.717, 1.165) is 31.4 Å². The number of aliphatic hydroxyl groups is 1. The fourth-order valence-corrected chi connectivity index (χ4v) is 2.82. The number of likely N-dealkylation sites (tertiary alicyclic amines) is 1. The lowest BCUT2D eigenvalue weighted by Crippen LogP contribution is -2.47. The number of carbonyl (C=O) groups is 1. The molecular formula is C17H26N2O2. The highest BCUT2D eigenvalue weighted by molar-refractivity contribution is 5.78. The molecule has 116 valence electrons. The van der Waals surface area contributed by atoms with Crippen molar-refractivity contribution in [1.29, 1.82) is 0 Å². The lowest BCUT2D eigenvalue weighted by molar-refractivity contribution is -0.132. The highest BCUT2D eigenvalue weighted by atomic mass is 16.3. The minimum Gasteiger partial charge on any atom is -0.395 e. The van der Waals surface area contributed by atoms with Crippen LogP contribution in [0.5, 0.6) is 0 Å². The Hall–Kier alpha value is -1.39. The van der Waals surface area contributed by atoms with Crippen molar-refractivity contribution in [2.75, 3.05) is 26.7 Å². The molecule has 1 fully saturated rings. The van der Waals surface area contributed by atoms with Crippen molar-refractivity contribution in [2.24, 2.45) is 0 Å². The van der Waals surface area contributed by atoms with Gasteiger partial charge in [0.1, 0.15) is 0 Å². The van der Waals surface area contributed by atoms with E-state index in [2.05, 4.69) is 36.1 Å². The Morgan fingerprint density at radius 2 is 2.05 bits per heavy atom. The Bertz CT molecular complexity index is 458. The van der Waals surface area contributed by atoms with Gasteiger partial charge in [0.15, 0.2) is 0 Å². The zero-order valence-corrected chi connectivity index (χ0v) is 13.1. The van der Waals surface area contributed by atoms with Gasteiger partial charge in [-0.1, -0.05) is 36.2 Å². The fraction of sp³-hybridized carbons (Fsp3) is 0.588. The van der Waals surface area contributed by atoms with Crippen molar-refractivity contribution in [3.8, 4) is 0 Å². The SMILES string of the molecule is Cc1ccc(CN(C)C(=O)CN2CCCCC2CO)cc1. The summed E-state index contributed by atoms with van der Waals surface area (Å²) < 4.78 is 0. The lowest BCUT2D eigenvalue weighted by atomic mass is 10.0. The number of hydrogen-bond acceptors (Lipinski definition) is 3. The van der Waals surface area contributed by atoms with Gasteiger partial charge in [-0.25, -0.2) is 0 Å². The summed E-state index contributed by atoms with van der Waals surface area (Å²) in [5.41, 5.74) is 2.38. The van der Waals surface area contributed by atoms with Crippen LogP contribution in [0, 0.1) is 6.92 Å². The van der Waals surface area contributed by atoms with Crippen LogP contribution in [-0.2, 0) is 11.3 Å². The smallest absolute Gasteiger partial charge is 0.236 e. The minimum absolute atomic E-state index is 0.121. The van der Waals surface area contributed by atoms with Crippen molar-refractivity contribution < 1.29 is 9.90 Å². The molecule has 4 nitrogen and oxygen atoms in total. The summed E-state index contributed by atoms with van der Waals surface area (Å²) in [5, 5.41) is 9.41. The summed E-state index contributed by atoms with van der Waals surface area (Å²) in [6.45, 7) is 4.17. The van der Waals surface area contributed by atoms with Crippen LogP contribution < -0.4 is 0 Å². The first-order chi connectivity index (χ1) is 10.1. The van der Waals surface area contributed by atoms with E-state index in [1.807, 2.05) is 7.05 Å². The molecule has 0 aromatic heterocycles. The van der Waals surface area contributed by atoms with Gasteiger partial charge in [0.05, 0.1) is 13.2 Å². The van der Waals surface area contributed by atoms with Gasteiger partial charge in [-0.05, 0) is 31.9 Å². The van der Waals surface area contributed by atoms with Gasteiger partial charge in [-0.3, -0.25) is 9.69 Å². The molecule has 1 N–H and O–H groups in total. The zero-order valence-electron chi connectivity index (χ0n) is 13.1. The molecule has 1 aliphatic rings. The molecule has 4 heteroatoms. The lowest BCUT2D eigenvalue weighted by Gasteiger charge is -2.34. The van der Waals surface area contributed by atoms with Crippen LogP contribution in [-0.4, -0.2) is 53.6 Å². The molecule has 0 radical (unpaired) electrons. The molecule has 1 unspecified atom stereocenters. The third-order valence-corrected chi connectivity index (χ3v) is 4.26. The second-order valence-corrected chi connectivity index (χ2v) is 6.04. The van der Waals surface area contributed by atoms with Crippen molar-refractivity contribution in [2.45, 2.75) is 38.8 Å². The summed E-state index contributed by atoms with van der Waals surface area (Å²) >= 11 is 0. The summed E-state index contributed by atoms with van der Waals surface area (Å²) in [4.78, 5) is 16.2. The summed E-state index contributed by atoms with van der Waals surface area (Å²) in [6.07, 6.45) is 3.26. The molecule has 1 aromatic rings. The first-order valence-corrected chi connectivity index (χ1v) is 7.74. The molecule has 1 aromatic carbocycles. The van der Waals surface area contributed by atoms with E-state index in [4.69, 9.17) is 0 Å². The first kappa shape index (κ1) is 16.0. The molecular weight excluding hydrogens is 264 g/mol. The van der Waals surface area contributed by atoms with Crippen LogP contribution in [0.25, 0.3) is 0 Å². The third-order valence-electron chi connectivity index (χ3n) is 4.26. The van der Waals surface area contributed by atoms with Gasteiger partial charge >= 0.3 is 0 Å². The highest BCUT2D eigenvalue weighted by Gasteiger charge is 2.24. The first-order valence-electron chi connectivity index (χ1n) is 7.74. The molecule has 2 rings (SSSR count). The highest BCUT2D eigenvalue weighted by Crippen LogP contribution is 2.16. The minimum atomic E-state index is 0.121. The maximum Gasteiger partial charge on any atom is 0.236 e. The zero-order chi connectivity index (χ0) is 15.2. The van der Waals surface area contributed by atoms with E-state index in [-0.39, 0.29) is 18.6 Å². The van der Waals surface area contributed by atoms with Crippen molar-refractivity contribution in [3.05, 3.63) is 35.4 Å². The molecule has 1 heterocycles. The van der Waals surface area contributed by atoms with Crippen molar-refractivity contribution >= 4 is 5.91 Å². The number of benzene rings is 1. The fourth-order valence-electron chi connectivity index (χ4n) is 2.82. The number of carbonyl (C=O) groups excluding carboxylic acids is 1. The molecule has 0 saturated carbocycles. The summed E-state index contributed by atoms with van der Waals surface area (Å²) in [7, 11) is 1.85. The molecule has 0 bridgehead atoms. The Morgan fingerprint density at radius 3 is 2.71 bits per heavy atom. The van der Waals surface area contributed by atoms with Gasteiger partial charge < -0.3 is 10.0 Å². The van der Waals surface area contributed by atoms with Gasteiger partial charge in [0.2, 0.25) is 5.91 Å². The van der Waals surface area contributed by atoms with Gasteiger partial charge in [-0.15, -0.1) is 0 Å². The van der Waals surface area contributed by atoms with Gasteiger partial charge in [-0.2, -0.15) is 0 Å². The van der Waals surface area contributed by atoms with Crippen LogP contribution in [0.3, 0.4) is 0 Å². The Labute approximate surface area is 127 Å². The Balaban J connectivity index is 1.88. The predicted octanol–water partition coefficient (Wildman–Crippen LogP) is 1.80. The van der Waals surface area contributed by atoms with Crippen molar-refractivity contribution in [1.82, 2.24) is 9.80 Å². The monoisotopic (exact) mass is 290 g/mol. The number of piperidine rings is 1. The van der Waals surface area contributed by atoms with Crippen LogP contribution in [0.15, 0.2) is 24.3 Å². The van der Waals surface area contributed by atoms with E-state index >= 15 is 0 Å². The summed E-state index contributed by atoms with van der Waals surface area (Å²) in [5.74, 6) is 0.121. The quantitative estimate of drug-likeness (QED) is 0.899. The number of nitrogens with zero attached hydrogens (tertiary/aromatic N) is 2. The second-order valence-electron chi connectivity index (χ2n) is 6.04. The molecule has 1 aliphatic heterocycles. The van der Waals surface area contributed by atoms with E-state index in [1.165, 1.54) is 5.56 Å². The van der Waals surface area contributed by atoms with Gasteiger partial charge in [0.25, 0.3) is 0 Å². The average molecular weight is 290 g/mol.